The Kier molecular flexibility index (Phi) is 5.38. The van der Waals surface area contributed by atoms with Gasteiger partial charge in [-0.05, 0) is 24.1 Å². The molecule has 2 atom stereocenters. The molecule has 0 bridgehead atoms. The summed E-state index contributed by atoms with van der Waals surface area (Å²) in [6.45, 7) is 2.48. The molecule has 0 aliphatic carbocycles. The predicted octanol–water partition coefficient (Wildman–Crippen LogP) is 0.888. The van der Waals surface area contributed by atoms with Crippen molar-refractivity contribution < 1.29 is 14.3 Å². The molecule has 2 aliphatic rings. The average molecular weight is 352 g/mol. The fourth-order valence-corrected chi connectivity index (χ4v) is 3.29. The van der Waals surface area contributed by atoms with Crippen molar-refractivity contribution in [2.45, 2.75) is 25.1 Å². The summed E-state index contributed by atoms with van der Waals surface area (Å²) in [5.74, 6) is -0.0279. The zero-order chi connectivity index (χ0) is 17.1. The monoisotopic (exact) mass is 351 g/mol. The Morgan fingerprint density at radius 3 is 2.71 bits per heavy atom. The molecule has 130 valence electrons. The summed E-state index contributed by atoms with van der Waals surface area (Å²) in [7, 11) is 1.65. The summed E-state index contributed by atoms with van der Waals surface area (Å²) in [5.41, 5.74) is 1.04. The molecule has 0 spiro atoms. The summed E-state index contributed by atoms with van der Waals surface area (Å²) in [4.78, 5) is 28.3. The topological polar surface area (TPSA) is 61.9 Å². The quantitative estimate of drug-likeness (QED) is 0.875. The van der Waals surface area contributed by atoms with Gasteiger partial charge in [0.15, 0.2) is 0 Å². The molecule has 2 amide bonds. The maximum absolute atomic E-state index is 12.5. The first-order chi connectivity index (χ1) is 11.6. The van der Waals surface area contributed by atoms with E-state index in [1.807, 2.05) is 24.3 Å². The highest BCUT2D eigenvalue weighted by Gasteiger charge is 2.35. The van der Waals surface area contributed by atoms with Crippen molar-refractivity contribution >= 4 is 23.4 Å². The number of nitrogens with zero attached hydrogens (tertiary/aromatic N) is 2. The Hall–Kier alpha value is -1.63. The van der Waals surface area contributed by atoms with E-state index < -0.39 is 0 Å². The number of carbonyl (C=O) groups excluding carboxylic acids is 2. The summed E-state index contributed by atoms with van der Waals surface area (Å²) in [6, 6.07) is 7.23. The Labute approximate surface area is 146 Å². The van der Waals surface area contributed by atoms with Crippen LogP contribution in [0.3, 0.4) is 0 Å². The third-order valence-electron chi connectivity index (χ3n) is 4.64. The molecule has 2 fully saturated rings. The van der Waals surface area contributed by atoms with Gasteiger partial charge in [0.05, 0.1) is 18.7 Å². The lowest BCUT2D eigenvalue weighted by Gasteiger charge is -2.35. The molecule has 1 N–H and O–H groups in total. The standard InChI is InChI=1S/C17H22ClN3O3/c1-24-14-8-15(19-9-14)17(23)21-7-6-20(16(22)11-21)10-12-2-4-13(18)5-3-12/h2-5,14-15,19H,6-11H2,1H3/t14-,15+/m0/s1. The number of nitrogens with one attached hydrogen (secondary N) is 1. The number of methoxy groups -OCH3 is 1. The molecular weight excluding hydrogens is 330 g/mol. The van der Waals surface area contributed by atoms with Crippen molar-refractivity contribution in [3.05, 3.63) is 34.9 Å². The van der Waals surface area contributed by atoms with Gasteiger partial charge in [0.25, 0.3) is 0 Å². The number of amides is 2. The molecule has 2 aliphatic heterocycles. The molecular formula is C17H22ClN3O3. The van der Waals surface area contributed by atoms with Gasteiger partial charge < -0.3 is 19.9 Å². The molecule has 3 rings (SSSR count). The van der Waals surface area contributed by atoms with Crippen LogP contribution < -0.4 is 5.32 Å². The van der Waals surface area contributed by atoms with Crippen LogP contribution in [0.2, 0.25) is 5.02 Å². The van der Waals surface area contributed by atoms with Crippen LogP contribution >= 0.6 is 11.6 Å². The van der Waals surface area contributed by atoms with E-state index in [1.165, 1.54) is 0 Å². The number of rotatable bonds is 4. The minimum atomic E-state index is -0.245. The van der Waals surface area contributed by atoms with Crippen molar-refractivity contribution in [3.8, 4) is 0 Å². The molecule has 0 unspecified atom stereocenters. The Morgan fingerprint density at radius 2 is 2.08 bits per heavy atom. The predicted molar refractivity (Wildman–Crippen MR) is 90.7 cm³/mol. The molecule has 6 nitrogen and oxygen atoms in total. The first-order valence-electron chi connectivity index (χ1n) is 8.14. The summed E-state index contributed by atoms with van der Waals surface area (Å²) >= 11 is 5.88. The molecule has 24 heavy (non-hydrogen) atoms. The van der Waals surface area contributed by atoms with Gasteiger partial charge >= 0.3 is 0 Å². The fourth-order valence-electron chi connectivity index (χ4n) is 3.17. The smallest absolute Gasteiger partial charge is 0.242 e. The number of ether oxygens (including phenoxy) is 1. The van der Waals surface area contributed by atoms with Crippen LogP contribution in [0, 0.1) is 0 Å². The largest absolute Gasteiger partial charge is 0.380 e. The summed E-state index contributed by atoms with van der Waals surface area (Å²) < 4.78 is 5.27. The minimum Gasteiger partial charge on any atom is -0.380 e. The third kappa shape index (κ3) is 3.88. The van der Waals surface area contributed by atoms with Gasteiger partial charge in [0.2, 0.25) is 11.8 Å². The zero-order valence-electron chi connectivity index (χ0n) is 13.7. The lowest BCUT2D eigenvalue weighted by molar-refractivity contribution is -0.146. The highest BCUT2D eigenvalue weighted by molar-refractivity contribution is 6.30. The molecule has 1 aromatic rings. The van der Waals surface area contributed by atoms with E-state index in [0.717, 1.165) is 5.56 Å². The van der Waals surface area contributed by atoms with E-state index in [2.05, 4.69) is 5.32 Å². The van der Waals surface area contributed by atoms with Crippen LogP contribution in [0.15, 0.2) is 24.3 Å². The van der Waals surface area contributed by atoms with E-state index in [-0.39, 0.29) is 30.5 Å². The van der Waals surface area contributed by atoms with Crippen molar-refractivity contribution in [2.24, 2.45) is 0 Å². The van der Waals surface area contributed by atoms with Gasteiger partial charge in [-0.25, -0.2) is 0 Å². The second-order valence-electron chi connectivity index (χ2n) is 6.26. The van der Waals surface area contributed by atoms with Gasteiger partial charge in [-0.1, -0.05) is 23.7 Å². The van der Waals surface area contributed by atoms with Crippen molar-refractivity contribution in [1.82, 2.24) is 15.1 Å². The molecule has 7 heteroatoms. The number of carbonyl (C=O) groups is 2. The van der Waals surface area contributed by atoms with E-state index in [9.17, 15) is 9.59 Å². The van der Waals surface area contributed by atoms with Gasteiger partial charge in [-0.2, -0.15) is 0 Å². The molecule has 1 aromatic carbocycles. The van der Waals surface area contributed by atoms with Gasteiger partial charge in [-0.3, -0.25) is 9.59 Å². The van der Waals surface area contributed by atoms with Crippen LogP contribution in [0.25, 0.3) is 0 Å². The number of hydrogen-bond acceptors (Lipinski definition) is 4. The van der Waals surface area contributed by atoms with Gasteiger partial charge in [0, 0.05) is 38.3 Å². The second-order valence-corrected chi connectivity index (χ2v) is 6.69. The molecule has 2 heterocycles. The lowest BCUT2D eigenvalue weighted by atomic mass is 10.1. The van der Waals surface area contributed by atoms with E-state index in [4.69, 9.17) is 16.3 Å². The zero-order valence-corrected chi connectivity index (χ0v) is 14.5. The van der Waals surface area contributed by atoms with E-state index in [1.54, 1.807) is 16.9 Å². The maximum atomic E-state index is 12.5. The van der Waals surface area contributed by atoms with Crippen LogP contribution in [0.4, 0.5) is 0 Å². The Bertz CT molecular complexity index is 608. The summed E-state index contributed by atoms with van der Waals surface area (Å²) in [5, 5.41) is 3.85. The molecule has 0 radical (unpaired) electrons. The minimum absolute atomic E-state index is 0.00552. The average Bonchev–Trinajstić information content (AvgIpc) is 3.07. The van der Waals surface area contributed by atoms with Gasteiger partial charge in [-0.15, -0.1) is 0 Å². The van der Waals surface area contributed by atoms with E-state index >= 15 is 0 Å². The Morgan fingerprint density at radius 1 is 1.33 bits per heavy atom. The van der Waals surface area contributed by atoms with Crippen LogP contribution in [0.5, 0.6) is 0 Å². The molecule has 2 saturated heterocycles. The Balaban J connectivity index is 1.54. The van der Waals surface area contributed by atoms with E-state index in [0.29, 0.717) is 37.6 Å². The number of piperazine rings is 1. The molecule has 0 saturated carbocycles. The van der Waals surface area contributed by atoms with Crippen LogP contribution in [0.1, 0.15) is 12.0 Å². The van der Waals surface area contributed by atoms with Gasteiger partial charge in [0.1, 0.15) is 0 Å². The number of halogens is 1. The normalized spacial score (nSPS) is 24.5. The second kappa shape index (κ2) is 7.51. The SMILES string of the molecule is CO[C@@H]1CN[C@@H](C(=O)N2CCN(Cc3ccc(Cl)cc3)C(=O)C2)C1. The van der Waals surface area contributed by atoms with Crippen LogP contribution in [-0.2, 0) is 20.9 Å². The van der Waals surface area contributed by atoms with Crippen LogP contribution in [-0.4, -0.2) is 67.0 Å². The summed E-state index contributed by atoms with van der Waals surface area (Å²) in [6.07, 6.45) is 0.731. The lowest BCUT2D eigenvalue weighted by Crippen LogP contribution is -2.55. The third-order valence-corrected chi connectivity index (χ3v) is 4.89. The number of benzene rings is 1. The van der Waals surface area contributed by atoms with Crippen molar-refractivity contribution in [1.29, 1.82) is 0 Å². The molecule has 0 aromatic heterocycles. The van der Waals surface area contributed by atoms with Crippen molar-refractivity contribution in [2.75, 3.05) is 33.3 Å². The highest BCUT2D eigenvalue weighted by Crippen LogP contribution is 2.16. The highest BCUT2D eigenvalue weighted by atomic mass is 35.5. The maximum Gasteiger partial charge on any atom is 0.242 e. The first-order valence-corrected chi connectivity index (χ1v) is 8.52. The number of hydrogen-bond donors (Lipinski definition) is 1. The van der Waals surface area contributed by atoms with Crippen molar-refractivity contribution in [3.63, 3.8) is 0 Å². The fraction of sp³-hybridized carbons (Fsp3) is 0.529. The first kappa shape index (κ1) is 17.2.